The highest BCUT2D eigenvalue weighted by molar-refractivity contribution is 5.48. The first kappa shape index (κ1) is 17.4. The number of nitrogens with zero attached hydrogens (tertiary/aromatic N) is 2. The molecule has 134 valence electrons. The Balaban J connectivity index is 1.57. The molecule has 0 radical (unpaired) electrons. The Morgan fingerprint density at radius 3 is 2.52 bits per heavy atom. The standard InChI is InChI=1S/C20H26N2O3/c1-23-18-7-6-16(14-19(18)24-2)9-13-25-20-15-17(8-10-21-20)22-11-4-3-5-12-22/h6-8,10,14-15H,3-5,9,11-13H2,1-2H3. The minimum absolute atomic E-state index is 0.575. The zero-order valence-electron chi connectivity index (χ0n) is 15.0. The maximum atomic E-state index is 5.86. The van der Waals surface area contributed by atoms with E-state index in [4.69, 9.17) is 14.2 Å². The fourth-order valence-corrected chi connectivity index (χ4v) is 3.14. The third-order valence-corrected chi connectivity index (χ3v) is 4.53. The van der Waals surface area contributed by atoms with Crippen LogP contribution in [0.5, 0.6) is 17.4 Å². The molecule has 3 rings (SSSR count). The van der Waals surface area contributed by atoms with Crippen molar-refractivity contribution in [3.63, 3.8) is 0 Å². The number of hydrogen-bond acceptors (Lipinski definition) is 5. The Bertz CT molecular complexity index is 684. The van der Waals surface area contributed by atoms with E-state index in [0.29, 0.717) is 12.5 Å². The molecule has 5 nitrogen and oxygen atoms in total. The smallest absolute Gasteiger partial charge is 0.215 e. The van der Waals surface area contributed by atoms with Gasteiger partial charge in [0.1, 0.15) is 0 Å². The topological polar surface area (TPSA) is 43.8 Å². The lowest BCUT2D eigenvalue weighted by atomic mass is 10.1. The molecule has 1 aromatic carbocycles. The predicted molar refractivity (Wildman–Crippen MR) is 99.0 cm³/mol. The Kier molecular flexibility index (Phi) is 5.99. The van der Waals surface area contributed by atoms with Gasteiger partial charge in [-0.2, -0.15) is 0 Å². The zero-order valence-corrected chi connectivity index (χ0v) is 15.0. The molecule has 2 heterocycles. The number of methoxy groups -OCH3 is 2. The molecular formula is C20H26N2O3. The van der Waals surface area contributed by atoms with Crippen molar-refractivity contribution >= 4 is 5.69 Å². The summed E-state index contributed by atoms with van der Waals surface area (Å²) in [7, 11) is 3.29. The number of ether oxygens (including phenoxy) is 3. The summed E-state index contributed by atoms with van der Waals surface area (Å²) in [6.07, 6.45) is 6.47. The van der Waals surface area contributed by atoms with Crippen molar-refractivity contribution in [2.75, 3.05) is 38.8 Å². The third kappa shape index (κ3) is 4.56. The van der Waals surface area contributed by atoms with E-state index in [1.54, 1.807) is 14.2 Å². The average Bonchev–Trinajstić information content (AvgIpc) is 2.69. The van der Waals surface area contributed by atoms with E-state index >= 15 is 0 Å². The number of rotatable bonds is 7. The van der Waals surface area contributed by atoms with Gasteiger partial charge >= 0.3 is 0 Å². The van der Waals surface area contributed by atoms with E-state index in [1.165, 1.54) is 24.9 Å². The lowest BCUT2D eigenvalue weighted by Crippen LogP contribution is -2.29. The summed E-state index contributed by atoms with van der Waals surface area (Å²) in [5.74, 6) is 2.16. The quantitative estimate of drug-likeness (QED) is 0.767. The van der Waals surface area contributed by atoms with E-state index in [-0.39, 0.29) is 0 Å². The molecule has 0 saturated carbocycles. The van der Waals surface area contributed by atoms with Gasteiger partial charge in [-0.05, 0) is 43.0 Å². The molecule has 0 bridgehead atoms. The second kappa shape index (κ2) is 8.60. The molecule has 1 fully saturated rings. The zero-order chi connectivity index (χ0) is 17.5. The SMILES string of the molecule is COc1ccc(CCOc2cc(N3CCCCC3)ccn2)cc1OC. The molecule has 0 unspecified atom stereocenters. The second-order valence-electron chi connectivity index (χ2n) is 6.19. The highest BCUT2D eigenvalue weighted by Crippen LogP contribution is 2.28. The van der Waals surface area contributed by atoms with Crippen molar-refractivity contribution in [2.24, 2.45) is 0 Å². The van der Waals surface area contributed by atoms with Gasteiger partial charge < -0.3 is 19.1 Å². The van der Waals surface area contributed by atoms with Crippen molar-refractivity contribution in [1.82, 2.24) is 4.98 Å². The molecule has 0 spiro atoms. The van der Waals surface area contributed by atoms with E-state index in [0.717, 1.165) is 36.6 Å². The number of piperidine rings is 1. The van der Waals surface area contributed by atoms with Gasteiger partial charge in [-0.15, -0.1) is 0 Å². The lowest BCUT2D eigenvalue weighted by molar-refractivity contribution is 0.309. The summed E-state index contributed by atoms with van der Waals surface area (Å²) in [5, 5.41) is 0. The highest BCUT2D eigenvalue weighted by atomic mass is 16.5. The van der Waals surface area contributed by atoms with Gasteiger partial charge in [0.05, 0.1) is 20.8 Å². The van der Waals surface area contributed by atoms with Gasteiger partial charge in [0.2, 0.25) is 5.88 Å². The summed E-state index contributed by atoms with van der Waals surface area (Å²) < 4.78 is 16.5. The Labute approximate surface area is 149 Å². The molecule has 1 aromatic heterocycles. The summed E-state index contributed by atoms with van der Waals surface area (Å²) in [5.41, 5.74) is 2.35. The van der Waals surface area contributed by atoms with Crippen LogP contribution in [0, 0.1) is 0 Å². The fraction of sp³-hybridized carbons (Fsp3) is 0.450. The van der Waals surface area contributed by atoms with Gasteiger partial charge in [0.25, 0.3) is 0 Å². The minimum atomic E-state index is 0.575. The van der Waals surface area contributed by atoms with Crippen molar-refractivity contribution in [2.45, 2.75) is 25.7 Å². The fourth-order valence-electron chi connectivity index (χ4n) is 3.14. The van der Waals surface area contributed by atoms with Gasteiger partial charge in [0, 0.05) is 37.5 Å². The molecule has 1 saturated heterocycles. The molecule has 1 aliphatic rings. The van der Waals surface area contributed by atoms with Gasteiger partial charge in [0.15, 0.2) is 11.5 Å². The van der Waals surface area contributed by atoms with Crippen molar-refractivity contribution in [3.8, 4) is 17.4 Å². The summed E-state index contributed by atoms with van der Waals surface area (Å²) in [6.45, 7) is 2.82. The Hall–Kier alpha value is -2.43. The normalized spacial score (nSPS) is 14.2. The summed E-state index contributed by atoms with van der Waals surface area (Å²) >= 11 is 0. The van der Waals surface area contributed by atoms with Crippen LogP contribution in [-0.4, -0.2) is 38.9 Å². The first-order valence-corrected chi connectivity index (χ1v) is 8.85. The summed E-state index contributed by atoms with van der Waals surface area (Å²) in [4.78, 5) is 6.74. The maximum absolute atomic E-state index is 5.86. The van der Waals surface area contributed by atoms with Gasteiger partial charge in [-0.1, -0.05) is 6.07 Å². The molecule has 0 N–H and O–H groups in total. The number of aromatic nitrogens is 1. The third-order valence-electron chi connectivity index (χ3n) is 4.53. The maximum Gasteiger partial charge on any atom is 0.215 e. The van der Waals surface area contributed by atoms with Crippen molar-refractivity contribution in [3.05, 3.63) is 42.1 Å². The van der Waals surface area contributed by atoms with Crippen LogP contribution in [0.3, 0.4) is 0 Å². The van der Waals surface area contributed by atoms with Crippen LogP contribution in [0.4, 0.5) is 5.69 Å². The second-order valence-corrected chi connectivity index (χ2v) is 6.19. The molecule has 5 heteroatoms. The van der Waals surface area contributed by atoms with Crippen molar-refractivity contribution < 1.29 is 14.2 Å². The summed E-state index contributed by atoms with van der Waals surface area (Å²) in [6, 6.07) is 10.0. The van der Waals surface area contributed by atoms with E-state index in [1.807, 2.05) is 30.5 Å². The van der Waals surface area contributed by atoms with E-state index < -0.39 is 0 Å². The number of benzene rings is 1. The predicted octanol–water partition coefficient (Wildman–Crippen LogP) is 3.71. The molecule has 0 atom stereocenters. The van der Waals surface area contributed by atoms with Crippen LogP contribution in [0.1, 0.15) is 24.8 Å². The van der Waals surface area contributed by atoms with Crippen LogP contribution in [-0.2, 0) is 6.42 Å². The highest BCUT2D eigenvalue weighted by Gasteiger charge is 2.12. The molecule has 2 aromatic rings. The number of anilines is 1. The molecular weight excluding hydrogens is 316 g/mol. The first-order chi connectivity index (χ1) is 12.3. The van der Waals surface area contributed by atoms with Crippen molar-refractivity contribution in [1.29, 1.82) is 0 Å². The number of pyridine rings is 1. The van der Waals surface area contributed by atoms with E-state index in [9.17, 15) is 0 Å². The molecule has 1 aliphatic heterocycles. The van der Waals surface area contributed by atoms with Crippen LogP contribution in [0.15, 0.2) is 36.5 Å². The van der Waals surface area contributed by atoms with Crippen LogP contribution >= 0.6 is 0 Å². The molecule has 0 amide bonds. The monoisotopic (exact) mass is 342 g/mol. The average molecular weight is 342 g/mol. The number of hydrogen-bond donors (Lipinski definition) is 0. The first-order valence-electron chi connectivity index (χ1n) is 8.85. The van der Waals surface area contributed by atoms with Crippen LogP contribution in [0.25, 0.3) is 0 Å². The lowest BCUT2D eigenvalue weighted by Gasteiger charge is -2.28. The van der Waals surface area contributed by atoms with Crippen LogP contribution < -0.4 is 19.1 Å². The van der Waals surface area contributed by atoms with E-state index in [2.05, 4.69) is 16.0 Å². The minimum Gasteiger partial charge on any atom is -0.493 e. The molecule has 25 heavy (non-hydrogen) atoms. The van der Waals surface area contributed by atoms with Crippen LogP contribution in [0.2, 0.25) is 0 Å². The van der Waals surface area contributed by atoms with Gasteiger partial charge in [-0.25, -0.2) is 4.98 Å². The Morgan fingerprint density at radius 2 is 1.76 bits per heavy atom. The largest absolute Gasteiger partial charge is 0.493 e. The van der Waals surface area contributed by atoms with Gasteiger partial charge in [-0.3, -0.25) is 0 Å². The molecule has 0 aliphatic carbocycles. The Morgan fingerprint density at radius 1 is 0.960 bits per heavy atom.